The van der Waals surface area contributed by atoms with Gasteiger partial charge in [-0.15, -0.1) is 0 Å². The molecule has 0 aromatic heterocycles. The molecule has 0 bridgehead atoms. The van der Waals surface area contributed by atoms with Gasteiger partial charge in [-0.2, -0.15) is 0 Å². The first-order chi connectivity index (χ1) is 6.20. The third-order valence-electron chi connectivity index (χ3n) is 2.53. The van der Waals surface area contributed by atoms with Crippen molar-refractivity contribution in [1.29, 1.82) is 0 Å². The number of ether oxygens (including phenoxy) is 2. The molecule has 0 aromatic rings. The predicted molar refractivity (Wildman–Crippen MR) is 49.4 cm³/mol. The largest absolute Gasteiger partial charge is 0.384 e. The average Bonchev–Trinajstić information content (AvgIpc) is 2.12. The van der Waals surface area contributed by atoms with Crippen molar-refractivity contribution in [1.82, 2.24) is 0 Å². The van der Waals surface area contributed by atoms with E-state index >= 15 is 0 Å². The van der Waals surface area contributed by atoms with Gasteiger partial charge >= 0.3 is 0 Å². The van der Waals surface area contributed by atoms with E-state index in [0.717, 1.165) is 0 Å². The molecule has 0 aromatic carbocycles. The quantitative estimate of drug-likeness (QED) is 0.629. The summed E-state index contributed by atoms with van der Waals surface area (Å²) in [6.45, 7) is 2.37. The van der Waals surface area contributed by atoms with Crippen LogP contribution in [-0.4, -0.2) is 33.1 Å². The van der Waals surface area contributed by atoms with Crippen LogP contribution in [0.5, 0.6) is 0 Å². The van der Waals surface area contributed by atoms with Crippen LogP contribution in [0.1, 0.15) is 6.92 Å². The molecule has 3 heteroatoms. The molecule has 1 aliphatic carbocycles. The molecule has 13 heavy (non-hydrogen) atoms. The topological polar surface area (TPSA) is 18.5 Å². The number of rotatable bonds is 3. The van der Waals surface area contributed by atoms with E-state index in [2.05, 4.69) is 0 Å². The fourth-order valence-corrected chi connectivity index (χ4v) is 1.72. The van der Waals surface area contributed by atoms with Crippen LogP contribution in [-0.2, 0) is 9.47 Å². The van der Waals surface area contributed by atoms with E-state index < -0.39 is 6.17 Å². The fraction of sp³-hybridized carbons (Fsp3) is 0.800. The van der Waals surface area contributed by atoms with Crippen molar-refractivity contribution < 1.29 is 13.9 Å². The zero-order valence-corrected chi connectivity index (χ0v) is 8.37. The molecule has 0 amide bonds. The molecular weight excluding hydrogens is 171 g/mol. The van der Waals surface area contributed by atoms with Crippen LogP contribution in [0.15, 0.2) is 12.2 Å². The van der Waals surface area contributed by atoms with Gasteiger partial charge in [-0.25, -0.2) is 4.39 Å². The highest BCUT2D eigenvalue weighted by molar-refractivity contribution is 5.05. The second kappa shape index (κ2) is 4.72. The maximum Gasteiger partial charge on any atom is 0.133 e. The van der Waals surface area contributed by atoms with Crippen LogP contribution in [0.4, 0.5) is 4.39 Å². The molecule has 0 unspecified atom stereocenters. The Hall–Kier alpha value is -0.410. The molecule has 0 heterocycles. The normalized spacial score (nSPS) is 39.4. The summed E-state index contributed by atoms with van der Waals surface area (Å²) in [5.74, 6) is -0.0146. The van der Waals surface area contributed by atoms with Crippen LogP contribution in [0, 0.1) is 11.8 Å². The number of hydrogen-bond acceptors (Lipinski definition) is 2. The summed E-state index contributed by atoms with van der Waals surface area (Å²) in [6, 6.07) is 0. The van der Waals surface area contributed by atoms with Crippen LogP contribution in [0.25, 0.3) is 0 Å². The zero-order chi connectivity index (χ0) is 9.84. The molecule has 1 aliphatic rings. The van der Waals surface area contributed by atoms with Gasteiger partial charge in [0.05, 0.1) is 12.7 Å². The minimum absolute atomic E-state index is 0.0428. The third-order valence-corrected chi connectivity index (χ3v) is 2.53. The van der Waals surface area contributed by atoms with Gasteiger partial charge in [-0.05, 0) is 0 Å². The van der Waals surface area contributed by atoms with Crippen molar-refractivity contribution >= 4 is 0 Å². The Morgan fingerprint density at radius 1 is 1.31 bits per heavy atom. The van der Waals surface area contributed by atoms with Crippen molar-refractivity contribution in [2.45, 2.75) is 19.2 Å². The molecule has 1 rings (SSSR count). The highest BCUT2D eigenvalue weighted by atomic mass is 19.1. The van der Waals surface area contributed by atoms with Gasteiger partial charge in [0.2, 0.25) is 0 Å². The van der Waals surface area contributed by atoms with Crippen molar-refractivity contribution in [2.24, 2.45) is 11.8 Å². The van der Waals surface area contributed by atoms with Gasteiger partial charge < -0.3 is 9.47 Å². The smallest absolute Gasteiger partial charge is 0.133 e. The lowest BCUT2D eigenvalue weighted by Crippen LogP contribution is -2.40. The lowest BCUT2D eigenvalue weighted by Gasteiger charge is -2.32. The fourth-order valence-electron chi connectivity index (χ4n) is 1.72. The Kier molecular flexibility index (Phi) is 3.88. The van der Waals surface area contributed by atoms with Crippen molar-refractivity contribution in [3.8, 4) is 0 Å². The van der Waals surface area contributed by atoms with E-state index in [4.69, 9.17) is 9.47 Å². The Labute approximate surface area is 78.7 Å². The summed E-state index contributed by atoms with van der Waals surface area (Å²) in [5, 5.41) is 0. The Balaban J connectivity index is 2.67. The molecular formula is C10H17FO2. The minimum Gasteiger partial charge on any atom is -0.384 e. The monoisotopic (exact) mass is 188 g/mol. The lowest BCUT2D eigenvalue weighted by molar-refractivity contribution is -0.0345. The summed E-state index contributed by atoms with van der Waals surface area (Å²) in [7, 11) is 3.16. The molecule has 76 valence electrons. The maximum atomic E-state index is 13.6. The molecule has 4 atom stereocenters. The van der Waals surface area contributed by atoms with Crippen molar-refractivity contribution in [3.63, 3.8) is 0 Å². The summed E-state index contributed by atoms with van der Waals surface area (Å²) in [4.78, 5) is 0. The predicted octanol–water partition coefficient (Wildman–Crippen LogP) is 1.81. The minimum atomic E-state index is -0.921. The molecule has 0 saturated carbocycles. The zero-order valence-electron chi connectivity index (χ0n) is 8.37. The van der Waals surface area contributed by atoms with Gasteiger partial charge in [0.25, 0.3) is 0 Å². The summed E-state index contributed by atoms with van der Waals surface area (Å²) >= 11 is 0. The second-order valence-corrected chi connectivity index (χ2v) is 3.51. The van der Waals surface area contributed by atoms with E-state index in [0.29, 0.717) is 6.61 Å². The average molecular weight is 188 g/mol. The molecule has 0 fully saturated rings. The molecule has 0 N–H and O–H groups in total. The molecule has 0 saturated heterocycles. The molecule has 0 radical (unpaired) electrons. The van der Waals surface area contributed by atoms with E-state index in [1.54, 1.807) is 14.2 Å². The van der Waals surface area contributed by atoms with Gasteiger partial charge in [0, 0.05) is 26.1 Å². The van der Waals surface area contributed by atoms with Gasteiger partial charge in [0.1, 0.15) is 6.17 Å². The van der Waals surface area contributed by atoms with Gasteiger partial charge in [-0.1, -0.05) is 19.1 Å². The summed E-state index contributed by atoms with van der Waals surface area (Å²) in [5.41, 5.74) is 0. The van der Waals surface area contributed by atoms with E-state index in [1.165, 1.54) is 0 Å². The Bertz CT molecular complexity index is 182. The third kappa shape index (κ3) is 2.29. The van der Waals surface area contributed by atoms with Gasteiger partial charge in [-0.3, -0.25) is 0 Å². The first-order valence-electron chi connectivity index (χ1n) is 4.54. The lowest BCUT2D eigenvalue weighted by atomic mass is 9.85. The van der Waals surface area contributed by atoms with Crippen LogP contribution < -0.4 is 0 Å². The van der Waals surface area contributed by atoms with Crippen molar-refractivity contribution in [3.05, 3.63) is 12.2 Å². The number of hydrogen-bond donors (Lipinski definition) is 0. The molecule has 0 spiro atoms. The van der Waals surface area contributed by atoms with E-state index in [-0.39, 0.29) is 17.9 Å². The second-order valence-electron chi connectivity index (χ2n) is 3.51. The van der Waals surface area contributed by atoms with E-state index in [1.807, 2.05) is 19.1 Å². The van der Waals surface area contributed by atoms with Crippen molar-refractivity contribution in [2.75, 3.05) is 20.8 Å². The Morgan fingerprint density at radius 3 is 2.54 bits per heavy atom. The maximum absolute atomic E-state index is 13.6. The molecule has 2 nitrogen and oxygen atoms in total. The van der Waals surface area contributed by atoms with E-state index in [9.17, 15) is 4.39 Å². The highest BCUT2D eigenvalue weighted by Gasteiger charge is 2.34. The van der Waals surface area contributed by atoms with Crippen LogP contribution in [0.3, 0.4) is 0 Å². The Morgan fingerprint density at radius 2 is 2.00 bits per heavy atom. The SMILES string of the molecule is COC[C@H]1C=C[C@@H](C)[C@H](F)[C@@H]1OC. The first kappa shape index (κ1) is 10.7. The van der Waals surface area contributed by atoms with Crippen LogP contribution >= 0.6 is 0 Å². The first-order valence-corrected chi connectivity index (χ1v) is 4.54. The molecule has 0 aliphatic heterocycles. The number of halogens is 1. The number of alkyl halides is 1. The summed E-state index contributed by atoms with van der Waals surface area (Å²) < 4.78 is 23.7. The highest BCUT2D eigenvalue weighted by Crippen LogP contribution is 2.27. The number of allylic oxidation sites excluding steroid dienone is 1. The van der Waals surface area contributed by atoms with Crippen LogP contribution in [0.2, 0.25) is 0 Å². The van der Waals surface area contributed by atoms with Gasteiger partial charge in [0.15, 0.2) is 0 Å². The summed E-state index contributed by atoms with van der Waals surface area (Å²) in [6.07, 6.45) is 2.59. The standard InChI is InChI=1S/C10H17FO2/c1-7-4-5-8(6-12-2)10(13-3)9(7)11/h4-5,7-10H,6H2,1-3H3/t7-,8-,9+,10-/m1/s1. The number of methoxy groups -OCH3 is 2.